The number of benzene rings is 1. The number of halogens is 1. The minimum Gasteiger partial charge on any atom is -0.353 e. The van der Waals surface area contributed by atoms with Gasteiger partial charge in [-0.25, -0.2) is 4.98 Å². The summed E-state index contributed by atoms with van der Waals surface area (Å²) in [6, 6.07) is 9.26. The maximum absolute atomic E-state index is 13.0. The second-order valence-corrected chi connectivity index (χ2v) is 8.72. The summed E-state index contributed by atoms with van der Waals surface area (Å²) in [6.45, 7) is 0. The monoisotopic (exact) mass is 419 g/mol. The molecule has 0 unspecified atom stereocenters. The van der Waals surface area contributed by atoms with Gasteiger partial charge in [0.15, 0.2) is 5.16 Å². The predicted molar refractivity (Wildman–Crippen MR) is 111 cm³/mol. The van der Waals surface area contributed by atoms with Gasteiger partial charge in [-0.2, -0.15) is 0 Å². The van der Waals surface area contributed by atoms with Crippen molar-refractivity contribution in [1.82, 2.24) is 14.9 Å². The Morgan fingerprint density at radius 1 is 1.30 bits per heavy atom. The molecule has 0 bridgehead atoms. The van der Waals surface area contributed by atoms with Crippen LogP contribution in [0.25, 0.3) is 15.9 Å². The van der Waals surface area contributed by atoms with Crippen molar-refractivity contribution in [2.24, 2.45) is 0 Å². The van der Waals surface area contributed by atoms with Crippen LogP contribution in [0, 0.1) is 0 Å². The largest absolute Gasteiger partial charge is 0.353 e. The van der Waals surface area contributed by atoms with E-state index in [4.69, 9.17) is 11.6 Å². The standard InChI is InChI=1S/C19H18ClN3O2S2/c20-13-7-3-4-8-15(13)23-18(25)17-14(9-10-26-17)22-19(23)27-11-16(24)21-12-5-1-2-6-12/h3-4,7-10,12H,1-2,5-6,11H2,(H,21,24). The van der Waals surface area contributed by atoms with Crippen molar-refractivity contribution in [3.05, 3.63) is 51.1 Å². The molecule has 0 radical (unpaired) electrons. The number of aromatic nitrogens is 2. The third-order valence-corrected chi connectivity index (χ3v) is 6.74. The lowest BCUT2D eigenvalue weighted by Gasteiger charge is -2.14. The molecular formula is C19H18ClN3O2S2. The molecule has 0 spiro atoms. The molecule has 8 heteroatoms. The Balaban J connectivity index is 1.66. The van der Waals surface area contributed by atoms with E-state index in [1.54, 1.807) is 12.1 Å². The third kappa shape index (κ3) is 3.90. The Hall–Kier alpha value is -1.83. The van der Waals surface area contributed by atoms with Crippen LogP contribution in [0.3, 0.4) is 0 Å². The van der Waals surface area contributed by atoms with Crippen molar-refractivity contribution in [3.8, 4) is 5.69 Å². The number of nitrogens with zero attached hydrogens (tertiary/aromatic N) is 2. The van der Waals surface area contributed by atoms with Gasteiger partial charge in [0.1, 0.15) is 4.70 Å². The molecule has 1 amide bonds. The highest BCUT2D eigenvalue weighted by Crippen LogP contribution is 2.27. The normalized spacial score (nSPS) is 14.7. The Morgan fingerprint density at radius 2 is 2.07 bits per heavy atom. The molecule has 4 rings (SSSR count). The summed E-state index contributed by atoms with van der Waals surface area (Å²) >= 11 is 8.95. The zero-order valence-electron chi connectivity index (χ0n) is 14.5. The number of para-hydroxylation sites is 1. The Bertz CT molecular complexity index is 1040. The molecule has 1 N–H and O–H groups in total. The van der Waals surface area contributed by atoms with Crippen LogP contribution in [-0.2, 0) is 4.79 Å². The number of thioether (sulfide) groups is 1. The lowest BCUT2D eigenvalue weighted by Crippen LogP contribution is -2.34. The molecule has 5 nitrogen and oxygen atoms in total. The molecule has 3 aromatic rings. The van der Waals surface area contributed by atoms with E-state index in [1.807, 2.05) is 23.6 Å². The fraction of sp³-hybridized carbons (Fsp3) is 0.316. The van der Waals surface area contributed by atoms with Gasteiger partial charge in [-0.05, 0) is 36.4 Å². The van der Waals surface area contributed by atoms with Gasteiger partial charge in [-0.1, -0.05) is 48.3 Å². The summed E-state index contributed by atoms with van der Waals surface area (Å²) in [5.74, 6) is 0.181. The van der Waals surface area contributed by atoms with Crippen molar-refractivity contribution >= 4 is 50.8 Å². The van der Waals surface area contributed by atoms with Crippen LogP contribution in [0.1, 0.15) is 25.7 Å². The zero-order valence-corrected chi connectivity index (χ0v) is 16.9. The molecule has 1 aliphatic carbocycles. The molecule has 0 aliphatic heterocycles. The molecule has 2 aromatic heterocycles. The number of fused-ring (bicyclic) bond motifs is 1. The molecule has 1 aliphatic rings. The summed E-state index contributed by atoms with van der Waals surface area (Å²) in [4.78, 5) is 30.0. The van der Waals surface area contributed by atoms with Gasteiger partial charge in [-0.3, -0.25) is 14.2 Å². The summed E-state index contributed by atoms with van der Waals surface area (Å²) in [7, 11) is 0. The summed E-state index contributed by atoms with van der Waals surface area (Å²) in [6.07, 6.45) is 4.42. The first-order chi connectivity index (χ1) is 13.1. The number of nitrogens with one attached hydrogen (secondary N) is 1. The van der Waals surface area contributed by atoms with Gasteiger partial charge in [0.25, 0.3) is 5.56 Å². The number of carbonyl (C=O) groups is 1. The molecule has 1 fully saturated rings. The molecular weight excluding hydrogens is 402 g/mol. The number of carbonyl (C=O) groups excluding carboxylic acids is 1. The molecule has 1 aromatic carbocycles. The van der Waals surface area contributed by atoms with Crippen molar-refractivity contribution in [3.63, 3.8) is 0 Å². The Morgan fingerprint density at radius 3 is 2.85 bits per heavy atom. The number of rotatable bonds is 5. The van der Waals surface area contributed by atoms with E-state index < -0.39 is 0 Å². The molecule has 0 saturated heterocycles. The smallest absolute Gasteiger partial charge is 0.276 e. The highest BCUT2D eigenvalue weighted by atomic mass is 35.5. The van der Waals surface area contributed by atoms with Gasteiger partial charge in [-0.15, -0.1) is 11.3 Å². The number of hydrogen-bond donors (Lipinski definition) is 1. The first-order valence-electron chi connectivity index (χ1n) is 8.81. The van der Waals surface area contributed by atoms with E-state index in [0.29, 0.717) is 26.1 Å². The van der Waals surface area contributed by atoms with E-state index in [0.717, 1.165) is 12.8 Å². The first-order valence-corrected chi connectivity index (χ1v) is 11.0. The van der Waals surface area contributed by atoms with Crippen molar-refractivity contribution in [2.75, 3.05) is 5.75 Å². The highest BCUT2D eigenvalue weighted by Gasteiger charge is 2.20. The second kappa shape index (κ2) is 8.04. The fourth-order valence-electron chi connectivity index (χ4n) is 3.30. The fourth-order valence-corrected chi connectivity index (χ4v) is 5.10. The van der Waals surface area contributed by atoms with Gasteiger partial charge < -0.3 is 5.32 Å². The molecule has 27 heavy (non-hydrogen) atoms. The van der Waals surface area contributed by atoms with Crippen LogP contribution in [0.2, 0.25) is 5.02 Å². The highest BCUT2D eigenvalue weighted by molar-refractivity contribution is 7.99. The van der Waals surface area contributed by atoms with Crippen molar-refractivity contribution in [2.45, 2.75) is 36.9 Å². The predicted octanol–water partition coefficient (Wildman–Crippen LogP) is 4.25. The average molecular weight is 420 g/mol. The minimum absolute atomic E-state index is 0.0303. The number of hydrogen-bond acceptors (Lipinski definition) is 5. The van der Waals surface area contributed by atoms with Crippen molar-refractivity contribution < 1.29 is 4.79 Å². The van der Waals surface area contributed by atoms with Crippen LogP contribution in [-0.4, -0.2) is 27.3 Å². The van der Waals surface area contributed by atoms with Crippen LogP contribution in [0.4, 0.5) is 0 Å². The molecule has 0 atom stereocenters. The topological polar surface area (TPSA) is 64.0 Å². The lowest BCUT2D eigenvalue weighted by atomic mass is 10.2. The van der Waals surface area contributed by atoms with Gasteiger partial charge in [0.2, 0.25) is 5.91 Å². The minimum atomic E-state index is -0.165. The van der Waals surface area contributed by atoms with Crippen LogP contribution in [0.5, 0.6) is 0 Å². The molecule has 1 saturated carbocycles. The quantitative estimate of drug-likeness (QED) is 0.496. The van der Waals surface area contributed by atoms with Gasteiger partial charge in [0, 0.05) is 6.04 Å². The van der Waals surface area contributed by atoms with E-state index >= 15 is 0 Å². The van der Waals surface area contributed by atoms with Gasteiger partial charge in [0.05, 0.1) is 22.0 Å². The number of thiophene rings is 1. The van der Waals surface area contributed by atoms with Crippen LogP contribution < -0.4 is 10.9 Å². The summed E-state index contributed by atoms with van der Waals surface area (Å²) in [5.41, 5.74) is 1.06. The zero-order chi connectivity index (χ0) is 18.8. The van der Waals surface area contributed by atoms with Crippen LogP contribution >= 0.6 is 34.7 Å². The number of amides is 1. The Labute approximate surface area is 169 Å². The summed E-state index contributed by atoms with van der Waals surface area (Å²) < 4.78 is 2.09. The average Bonchev–Trinajstić information content (AvgIpc) is 3.33. The van der Waals surface area contributed by atoms with E-state index in [2.05, 4.69) is 10.3 Å². The maximum Gasteiger partial charge on any atom is 0.276 e. The van der Waals surface area contributed by atoms with Crippen molar-refractivity contribution in [1.29, 1.82) is 0 Å². The molecule has 2 heterocycles. The van der Waals surface area contributed by atoms with E-state index in [9.17, 15) is 9.59 Å². The van der Waals surface area contributed by atoms with E-state index in [1.165, 1.54) is 40.5 Å². The lowest BCUT2D eigenvalue weighted by molar-refractivity contribution is -0.119. The Kier molecular flexibility index (Phi) is 5.52. The summed E-state index contributed by atoms with van der Waals surface area (Å²) in [5, 5.41) is 5.85. The first kappa shape index (κ1) is 18.5. The second-order valence-electron chi connectivity index (χ2n) is 6.46. The SMILES string of the molecule is O=C(CSc1nc2ccsc2c(=O)n1-c1ccccc1Cl)NC1CCCC1. The molecule has 140 valence electrons. The third-order valence-electron chi connectivity index (χ3n) is 4.60. The van der Waals surface area contributed by atoms with E-state index in [-0.39, 0.29) is 23.3 Å². The maximum atomic E-state index is 13.0. The van der Waals surface area contributed by atoms with Gasteiger partial charge >= 0.3 is 0 Å². The van der Waals surface area contributed by atoms with Crippen LogP contribution in [0.15, 0.2) is 45.7 Å².